The van der Waals surface area contributed by atoms with Crippen molar-refractivity contribution in [1.82, 2.24) is 0 Å². The second-order valence-corrected chi connectivity index (χ2v) is 9.52. The topological polar surface area (TPSA) is 107 Å². The Morgan fingerprint density at radius 1 is 0.943 bits per heavy atom. The predicted molar refractivity (Wildman–Crippen MR) is 135 cm³/mol. The molecule has 9 heteroatoms. The summed E-state index contributed by atoms with van der Waals surface area (Å²) in [6.07, 6.45) is 2.55. The van der Waals surface area contributed by atoms with Crippen LogP contribution < -0.4 is 19.5 Å². The molecule has 1 amide bonds. The largest absolute Gasteiger partial charge is 0.497 e. The predicted octanol–water partition coefficient (Wildman–Crippen LogP) is 4.99. The van der Waals surface area contributed by atoms with Gasteiger partial charge in [-0.1, -0.05) is 19.1 Å². The Labute approximate surface area is 203 Å². The molecule has 0 unspecified atom stereocenters. The van der Waals surface area contributed by atoms with Crippen molar-refractivity contribution in [2.24, 2.45) is 0 Å². The molecule has 0 aliphatic rings. The van der Waals surface area contributed by atoms with Crippen molar-refractivity contribution in [3.63, 3.8) is 0 Å². The van der Waals surface area contributed by atoms with Crippen LogP contribution >= 0.6 is 0 Å². The van der Waals surface area contributed by atoms with E-state index in [1.54, 1.807) is 36.6 Å². The van der Waals surface area contributed by atoms with E-state index in [1.165, 1.54) is 26.4 Å². The molecule has 0 aliphatic carbocycles. The van der Waals surface area contributed by atoms with Gasteiger partial charge >= 0.3 is 0 Å². The second-order valence-electron chi connectivity index (χ2n) is 7.87. The quantitative estimate of drug-likeness (QED) is 0.339. The number of carbonyl (C=O) groups excluding carboxylic acids is 1. The molecule has 0 bridgehead atoms. The molecule has 0 aliphatic heterocycles. The van der Waals surface area contributed by atoms with Crippen LogP contribution in [0.3, 0.4) is 0 Å². The number of carbonyl (C=O) groups is 1. The smallest absolute Gasteiger partial charge is 0.265 e. The molecule has 35 heavy (non-hydrogen) atoms. The van der Waals surface area contributed by atoms with Gasteiger partial charge in [0.1, 0.15) is 22.0 Å². The zero-order chi connectivity index (χ0) is 25.0. The summed E-state index contributed by atoms with van der Waals surface area (Å²) in [4.78, 5) is 12.7. The molecule has 4 aromatic rings. The summed E-state index contributed by atoms with van der Waals surface area (Å²) in [5, 5.41) is 3.64. The van der Waals surface area contributed by atoms with Crippen LogP contribution in [-0.4, -0.2) is 28.5 Å². The number of sulfonamides is 1. The minimum absolute atomic E-state index is 0.0800. The summed E-state index contributed by atoms with van der Waals surface area (Å²) >= 11 is 0. The molecule has 1 heterocycles. The highest BCUT2D eigenvalue weighted by Crippen LogP contribution is 2.30. The molecular formula is C26H26N2O6S. The third-order valence-corrected chi connectivity index (χ3v) is 6.96. The van der Waals surface area contributed by atoms with Crippen LogP contribution in [-0.2, 0) is 27.7 Å². The first-order valence-electron chi connectivity index (χ1n) is 11.0. The lowest BCUT2D eigenvalue weighted by molar-refractivity contribution is -0.115. The number of amides is 1. The number of furan rings is 1. The number of methoxy groups -OCH3 is 2. The van der Waals surface area contributed by atoms with E-state index in [1.807, 2.05) is 18.2 Å². The van der Waals surface area contributed by atoms with Gasteiger partial charge in [0.25, 0.3) is 10.0 Å². The van der Waals surface area contributed by atoms with Gasteiger partial charge in [-0.05, 0) is 60.5 Å². The van der Waals surface area contributed by atoms with Gasteiger partial charge in [0.05, 0.1) is 26.9 Å². The van der Waals surface area contributed by atoms with Crippen LogP contribution in [0, 0.1) is 0 Å². The Morgan fingerprint density at radius 2 is 1.69 bits per heavy atom. The Hall–Kier alpha value is -3.98. The Kier molecular flexibility index (Phi) is 6.97. The van der Waals surface area contributed by atoms with Gasteiger partial charge in [-0.15, -0.1) is 0 Å². The van der Waals surface area contributed by atoms with Crippen LogP contribution in [0.2, 0.25) is 0 Å². The van der Waals surface area contributed by atoms with Gasteiger partial charge in [0.2, 0.25) is 5.91 Å². The fourth-order valence-electron chi connectivity index (χ4n) is 3.70. The lowest BCUT2D eigenvalue weighted by Crippen LogP contribution is -2.17. The van der Waals surface area contributed by atoms with Crippen LogP contribution in [0.4, 0.5) is 11.4 Å². The van der Waals surface area contributed by atoms with Crippen molar-refractivity contribution < 1.29 is 27.1 Å². The molecule has 0 fully saturated rings. The molecular weight excluding hydrogens is 468 g/mol. The summed E-state index contributed by atoms with van der Waals surface area (Å²) in [7, 11) is -1.09. The fourth-order valence-corrected chi connectivity index (χ4v) is 4.95. The average molecular weight is 495 g/mol. The van der Waals surface area contributed by atoms with Gasteiger partial charge in [-0.2, -0.15) is 0 Å². The second kappa shape index (κ2) is 10.1. The molecule has 0 saturated heterocycles. The van der Waals surface area contributed by atoms with Crippen LogP contribution in [0.15, 0.2) is 76.2 Å². The highest BCUT2D eigenvalue weighted by molar-refractivity contribution is 7.92. The van der Waals surface area contributed by atoms with E-state index in [9.17, 15) is 13.2 Å². The van der Waals surface area contributed by atoms with E-state index in [-0.39, 0.29) is 23.0 Å². The number of rotatable bonds is 9. The monoisotopic (exact) mass is 494 g/mol. The van der Waals surface area contributed by atoms with Crippen molar-refractivity contribution in [2.45, 2.75) is 24.7 Å². The van der Waals surface area contributed by atoms with Crippen molar-refractivity contribution in [3.8, 4) is 11.5 Å². The molecule has 3 aromatic carbocycles. The van der Waals surface area contributed by atoms with E-state index >= 15 is 0 Å². The zero-order valence-corrected chi connectivity index (χ0v) is 20.4. The third kappa shape index (κ3) is 5.41. The molecule has 0 spiro atoms. The molecule has 8 nitrogen and oxygen atoms in total. The number of fused-ring (bicyclic) bond motifs is 1. The highest BCUT2D eigenvalue weighted by Gasteiger charge is 2.21. The molecule has 2 N–H and O–H groups in total. The SMILES string of the molecule is CCc1ccc2c(CC(=O)Nc3ccc(OC)c(S(=O)(=O)Nc4ccc(OC)cc4)c3)coc2c1. The lowest BCUT2D eigenvalue weighted by atomic mass is 10.1. The zero-order valence-electron chi connectivity index (χ0n) is 19.6. The summed E-state index contributed by atoms with van der Waals surface area (Å²) in [5.74, 6) is 0.451. The van der Waals surface area contributed by atoms with Crippen LogP contribution in [0.5, 0.6) is 11.5 Å². The van der Waals surface area contributed by atoms with E-state index in [2.05, 4.69) is 17.0 Å². The Bertz CT molecular complexity index is 1460. The van der Waals surface area contributed by atoms with Crippen molar-refractivity contribution in [3.05, 3.63) is 78.1 Å². The van der Waals surface area contributed by atoms with Crippen molar-refractivity contribution in [2.75, 3.05) is 24.3 Å². The van der Waals surface area contributed by atoms with E-state index in [4.69, 9.17) is 13.9 Å². The number of anilines is 2. The fraction of sp³-hybridized carbons (Fsp3) is 0.192. The Balaban J connectivity index is 1.53. The van der Waals surface area contributed by atoms with Gasteiger partial charge in [0.15, 0.2) is 0 Å². The maximum Gasteiger partial charge on any atom is 0.265 e. The Morgan fingerprint density at radius 3 is 2.37 bits per heavy atom. The van der Waals surface area contributed by atoms with Crippen molar-refractivity contribution >= 4 is 38.3 Å². The lowest BCUT2D eigenvalue weighted by Gasteiger charge is -2.14. The molecule has 0 atom stereocenters. The number of nitrogens with one attached hydrogen (secondary N) is 2. The number of ether oxygens (including phenoxy) is 2. The number of benzene rings is 3. The standard InChI is InChI=1S/C26H26N2O6S/c1-4-17-5-11-22-18(16-34-24(22)13-17)14-26(29)27-20-8-12-23(33-3)25(15-20)35(30,31)28-19-6-9-21(32-2)10-7-19/h5-13,15-16,28H,4,14H2,1-3H3,(H,27,29). The highest BCUT2D eigenvalue weighted by atomic mass is 32.2. The first-order chi connectivity index (χ1) is 16.8. The summed E-state index contributed by atoms with van der Waals surface area (Å²) in [6, 6.07) is 16.8. The number of hydrogen-bond acceptors (Lipinski definition) is 6. The molecule has 182 valence electrons. The summed E-state index contributed by atoms with van der Waals surface area (Å²) < 4.78 is 44.7. The third-order valence-electron chi connectivity index (χ3n) is 5.56. The van der Waals surface area contributed by atoms with Gasteiger partial charge < -0.3 is 19.2 Å². The van der Waals surface area contributed by atoms with Gasteiger partial charge in [-0.3, -0.25) is 9.52 Å². The molecule has 4 rings (SSSR count). The first kappa shape index (κ1) is 24.2. The molecule has 1 aromatic heterocycles. The van der Waals surface area contributed by atoms with Crippen molar-refractivity contribution in [1.29, 1.82) is 0 Å². The maximum absolute atomic E-state index is 13.1. The van der Waals surface area contributed by atoms with Gasteiger partial charge in [-0.25, -0.2) is 8.42 Å². The van der Waals surface area contributed by atoms with E-state index < -0.39 is 10.0 Å². The number of aryl methyl sites for hydroxylation is 1. The summed E-state index contributed by atoms with van der Waals surface area (Å²) in [5.41, 5.74) is 3.32. The van der Waals surface area contributed by atoms with Crippen LogP contribution in [0.25, 0.3) is 11.0 Å². The minimum Gasteiger partial charge on any atom is -0.497 e. The van der Waals surface area contributed by atoms with E-state index in [0.717, 1.165) is 28.5 Å². The summed E-state index contributed by atoms with van der Waals surface area (Å²) in [6.45, 7) is 2.06. The number of hydrogen-bond donors (Lipinski definition) is 2. The normalized spacial score (nSPS) is 11.3. The van der Waals surface area contributed by atoms with Gasteiger partial charge in [0, 0.05) is 22.3 Å². The molecule has 0 saturated carbocycles. The first-order valence-corrected chi connectivity index (χ1v) is 12.4. The maximum atomic E-state index is 13.1. The minimum atomic E-state index is -4.00. The average Bonchev–Trinajstić information content (AvgIpc) is 3.25. The van der Waals surface area contributed by atoms with E-state index in [0.29, 0.717) is 17.1 Å². The van der Waals surface area contributed by atoms with Crippen LogP contribution in [0.1, 0.15) is 18.1 Å². The molecule has 0 radical (unpaired) electrons.